The topological polar surface area (TPSA) is 102 Å². The minimum atomic E-state index is -0.774. The molecule has 2 heterocycles. The van der Waals surface area contributed by atoms with Crippen LogP contribution in [-0.2, 0) is 23.6 Å². The Kier molecular flexibility index (Phi) is 7.35. The minimum absolute atomic E-state index is 0.145. The molecule has 0 aliphatic carbocycles. The molecule has 0 aliphatic heterocycles. The van der Waals surface area contributed by atoms with Gasteiger partial charge in [0.25, 0.3) is 5.56 Å². The van der Waals surface area contributed by atoms with Crippen LogP contribution < -0.4 is 16.0 Å². The lowest BCUT2D eigenvalue weighted by atomic mass is 10.1. The Morgan fingerprint density at radius 2 is 1.74 bits per heavy atom. The van der Waals surface area contributed by atoms with Gasteiger partial charge in [0, 0.05) is 49.0 Å². The van der Waals surface area contributed by atoms with Crippen LogP contribution in [0.1, 0.15) is 34.2 Å². The lowest BCUT2D eigenvalue weighted by Crippen LogP contribution is -2.37. The molecule has 2 aromatic heterocycles. The number of carbonyl (C=O) groups is 2. The molecule has 9 heteroatoms. The van der Waals surface area contributed by atoms with Crippen LogP contribution in [0.4, 0.5) is 0 Å². The molecular weight excluding hydrogens is 438 g/mol. The molecule has 3 aromatic rings. The van der Waals surface area contributed by atoms with Crippen LogP contribution in [0.15, 0.2) is 52.2 Å². The Bertz CT molecular complexity index is 1370. The van der Waals surface area contributed by atoms with E-state index in [4.69, 9.17) is 9.47 Å². The largest absolute Gasteiger partial charge is 0.494 e. The summed E-state index contributed by atoms with van der Waals surface area (Å²) >= 11 is 0. The summed E-state index contributed by atoms with van der Waals surface area (Å²) in [7, 11) is 2.85. The molecule has 178 valence electrons. The molecule has 0 N–H and O–H groups in total. The maximum atomic E-state index is 12.7. The highest BCUT2D eigenvalue weighted by atomic mass is 16.5. The van der Waals surface area contributed by atoms with Crippen LogP contribution in [0.5, 0.6) is 5.75 Å². The fourth-order valence-corrected chi connectivity index (χ4v) is 3.67. The zero-order valence-corrected chi connectivity index (χ0v) is 19.8. The number of hydrogen-bond acceptors (Lipinski definition) is 6. The minimum Gasteiger partial charge on any atom is -0.494 e. The van der Waals surface area contributed by atoms with Gasteiger partial charge >= 0.3 is 11.7 Å². The fourth-order valence-electron chi connectivity index (χ4n) is 3.67. The summed E-state index contributed by atoms with van der Waals surface area (Å²) in [6, 6.07) is 9.31. The summed E-state index contributed by atoms with van der Waals surface area (Å²) < 4.78 is 14.7. The van der Waals surface area contributed by atoms with Crippen molar-refractivity contribution in [1.29, 1.82) is 0 Å². The standard InChI is InChI=1S/C25H27N3O6/c1-6-33-20-10-8-19(9-11-20)28-16(2)13-21(17(28)3)22(29)15-34-23(30)12-7-18-14-26(4)25(32)27(5)24(18)31/h7-14H,6,15H2,1-5H3/b12-7+. The second kappa shape index (κ2) is 10.2. The highest BCUT2D eigenvalue weighted by Gasteiger charge is 2.18. The van der Waals surface area contributed by atoms with Crippen LogP contribution in [-0.4, -0.2) is 38.7 Å². The Morgan fingerprint density at radius 3 is 2.38 bits per heavy atom. The van der Waals surface area contributed by atoms with Gasteiger partial charge in [-0.05, 0) is 57.2 Å². The molecule has 0 atom stereocenters. The van der Waals surface area contributed by atoms with Crippen molar-refractivity contribution in [1.82, 2.24) is 13.7 Å². The summed E-state index contributed by atoms with van der Waals surface area (Å²) in [4.78, 5) is 48.7. The quantitative estimate of drug-likeness (QED) is 0.288. The van der Waals surface area contributed by atoms with Gasteiger partial charge in [0.2, 0.25) is 5.78 Å². The van der Waals surface area contributed by atoms with Crippen molar-refractivity contribution >= 4 is 17.8 Å². The van der Waals surface area contributed by atoms with E-state index in [-0.39, 0.29) is 11.3 Å². The first kappa shape index (κ1) is 24.5. The van der Waals surface area contributed by atoms with Crippen LogP contribution in [0.3, 0.4) is 0 Å². The number of ketones is 1. The molecule has 34 heavy (non-hydrogen) atoms. The molecule has 9 nitrogen and oxygen atoms in total. The summed E-state index contributed by atoms with van der Waals surface area (Å²) in [5.41, 5.74) is 2.06. The van der Waals surface area contributed by atoms with E-state index in [1.165, 1.54) is 30.9 Å². The van der Waals surface area contributed by atoms with E-state index in [1.54, 1.807) is 6.07 Å². The predicted molar refractivity (Wildman–Crippen MR) is 128 cm³/mol. The van der Waals surface area contributed by atoms with Crippen molar-refractivity contribution in [3.8, 4) is 11.4 Å². The van der Waals surface area contributed by atoms with Gasteiger partial charge in [0.05, 0.1) is 12.2 Å². The number of ether oxygens (including phenoxy) is 2. The third-order valence-corrected chi connectivity index (χ3v) is 5.35. The van der Waals surface area contributed by atoms with Gasteiger partial charge in [-0.1, -0.05) is 0 Å². The number of hydrogen-bond donors (Lipinski definition) is 0. The second-order valence-electron chi connectivity index (χ2n) is 7.75. The molecule has 0 fully saturated rings. The van der Waals surface area contributed by atoms with Gasteiger partial charge in [0.15, 0.2) is 6.61 Å². The molecule has 0 spiro atoms. The van der Waals surface area contributed by atoms with Gasteiger partial charge in [0.1, 0.15) is 5.75 Å². The van der Waals surface area contributed by atoms with Gasteiger partial charge in [-0.3, -0.25) is 14.2 Å². The van der Waals surface area contributed by atoms with Crippen molar-refractivity contribution in [2.75, 3.05) is 13.2 Å². The number of carbonyl (C=O) groups excluding carboxylic acids is 2. The van der Waals surface area contributed by atoms with Crippen LogP contribution in [0, 0.1) is 13.8 Å². The second-order valence-corrected chi connectivity index (χ2v) is 7.75. The monoisotopic (exact) mass is 465 g/mol. The Balaban J connectivity index is 1.70. The van der Waals surface area contributed by atoms with Gasteiger partial charge in [-0.2, -0.15) is 0 Å². The Morgan fingerprint density at radius 1 is 1.06 bits per heavy atom. The maximum Gasteiger partial charge on any atom is 0.331 e. The molecule has 0 unspecified atom stereocenters. The van der Waals surface area contributed by atoms with E-state index < -0.39 is 23.8 Å². The van der Waals surface area contributed by atoms with Gasteiger partial charge in [-0.15, -0.1) is 0 Å². The molecule has 0 radical (unpaired) electrons. The van der Waals surface area contributed by atoms with Crippen molar-refractivity contribution in [3.63, 3.8) is 0 Å². The number of nitrogens with zero attached hydrogens (tertiary/aromatic N) is 3. The molecule has 3 rings (SSSR count). The molecule has 0 aliphatic rings. The summed E-state index contributed by atoms with van der Waals surface area (Å²) in [6.45, 7) is 5.77. The third-order valence-electron chi connectivity index (χ3n) is 5.35. The summed E-state index contributed by atoms with van der Waals surface area (Å²) in [5.74, 6) is -0.352. The highest BCUT2D eigenvalue weighted by Crippen LogP contribution is 2.23. The maximum absolute atomic E-state index is 12.7. The van der Waals surface area contributed by atoms with E-state index in [0.29, 0.717) is 12.2 Å². The first-order valence-corrected chi connectivity index (χ1v) is 10.7. The number of benzene rings is 1. The van der Waals surface area contributed by atoms with E-state index in [9.17, 15) is 19.2 Å². The number of aromatic nitrogens is 3. The third kappa shape index (κ3) is 5.09. The molecule has 0 saturated heterocycles. The fraction of sp³-hybridized carbons (Fsp3) is 0.280. The lowest BCUT2D eigenvalue weighted by molar-refractivity contribution is -0.136. The van der Waals surface area contributed by atoms with Crippen LogP contribution >= 0.6 is 0 Å². The molecule has 0 amide bonds. The molecule has 0 saturated carbocycles. The zero-order chi connectivity index (χ0) is 25.0. The zero-order valence-electron chi connectivity index (χ0n) is 19.8. The smallest absolute Gasteiger partial charge is 0.331 e. The number of esters is 1. The normalized spacial score (nSPS) is 11.1. The number of aryl methyl sites for hydroxylation is 2. The Labute approximate surface area is 196 Å². The summed E-state index contributed by atoms with van der Waals surface area (Å²) in [5, 5.41) is 0. The van der Waals surface area contributed by atoms with Crippen LogP contribution in [0.2, 0.25) is 0 Å². The van der Waals surface area contributed by atoms with Crippen molar-refractivity contribution in [2.24, 2.45) is 14.1 Å². The average Bonchev–Trinajstić information content (AvgIpc) is 3.12. The Hall–Kier alpha value is -4.14. The van der Waals surface area contributed by atoms with E-state index in [1.807, 2.05) is 49.6 Å². The van der Waals surface area contributed by atoms with E-state index in [2.05, 4.69) is 0 Å². The van der Waals surface area contributed by atoms with Crippen molar-refractivity contribution in [3.05, 3.63) is 86.0 Å². The van der Waals surface area contributed by atoms with E-state index >= 15 is 0 Å². The summed E-state index contributed by atoms with van der Waals surface area (Å²) in [6.07, 6.45) is 3.64. The van der Waals surface area contributed by atoms with Crippen molar-refractivity contribution < 1.29 is 19.1 Å². The first-order valence-electron chi connectivity index (χ1n) is 10.7. The molecular formula is C25H27N3O6. The van der Waals surface area contributed by atoms with Crippen LogP contribution in [0.25, 0.3) is 11.8 Å². The molecule has 0 bridgehead atoms. The first-order chi connectivity index (χ1) is 16.1. The van der Waals surface area contributed by atoms with E-state index in [0.717, 1.165) is 33.5 Å². The number of rotatable bonds is 8. The highest BCUT2D eigenvalue weighted by molar-refractivity contribution is 6.00. The van der Waals surface area contributed by atoms with Crippen molar-refractivity contribution in [2.45, 2.75) is 20.8 Å². The molecule has 1 aromatic carbocycles. The predicted octanol–water partition coefficient (Wildman–Crippen LogP) is 2.33. The van der Waals surface area contributed by atoms with Gasteiger partial charge in [-0.25, -0.2) is 9.59 Å². The lowest BCUT2D eigenvalue weighted by Gasteiger charge is -2.11. The average molecular weight is 466 g/mol. The number of Topliss-reactive ketones (excluding diaryl/α,β-unsaturated/α-hetero) is 1. The SMILES string of the molecule is CCOc1ccc(-n2c(C)cc(C(=O)COC(=O)/C=C/c3cn(C)c(=O)n(C)c3=O)c2C)cc1. The van der Waals surface area contributed by atoms with Gasteiger partial charge < -0.3 is 18.6 Å².